The molecule has 0 radical (unpaired) electrons. The fourth-order valence-corrected chi connectivity index (χ4v) is 3.75. The summed E-state index contributed by atoms with van der Waals surface area (Å²) in [4.78, 5) is 2.28. The zero-order chi connectivity index (χ0) is 18.1. The van der Waals surface area contributed by atoms with Crippen LogP contribution in [-0.2, 0) is 0 Å². The number of anilines is 1. The van der Waals surface area contributed by atoms with Gasteiger partial charge in [0.25, 0.3) is 0 Å². The molecule has 0 spiro atoms. The molecule has 0 bridgehead atoms. The molecule has 1 aliphatic rings. The predicted octanol–water partition coefficient (Wildman–Crippen LogP) is 4.65. The smallest absolute Gasteiger partial charge is 0.175 e. The van der Waals surface area contributed by atoms with E-state index in [0.29, 0.717) is 5.56 Å². The molecule has 0 aliphatic carbocycles. The van der Waals surface area contributed by atoms with E-state index >= 15 is 0 Å². The van der Waals surface area contributed by atoms with Gasteiger partial charge in [-0.05, 0) is 23.6 Å². The highest BCUT2D eigenvalue weighted by Crippen LogP contribution is 2.45. The van der Waals surface area contributed by atoms with Crippen LogP contribution in [0.5, 0.6) is 5.75 Å². The summed E-state index contributed by atoms with van der Waals surface area (Å²) in [5.74, 6) is -1.06. The fourth-order valence-electron chi connectivity index (χ4n) is 3.75. The molecule has 1 unspecified atom stereocenters. The van der Waals surface area contributed by atoms with Gasteiger partial charge in [0.2, 0.25) is 0 Å². The van der Waals surface area contributed by atoms with Crippen LogP contribution in [0, 0.1) is 5.82 Å². The average molecular weight is 348 g/mol. The van der Waals surface area contributed by atoms with Gasteiger partial charge in [0.15, 0.2) is 11.6 Å². The third kappa shape index (κ3) is 2.82. The van der Waals surface area contributed by atoms with Crippen LogP contribution in [0.3, 0.4) is 0 Å². The SMILES string of the molecule is Nc1ccc(C2CCN2C(c2ccccc2)c2ccccc2)c(F)c1O. The molecule has 3 nitrogen and oxygen atoms in total. The Bertz CT molecular complexity index is 859. The van der Waals surface area contributed by atoms with Gasteiger partial charge in [0.05, 0.1) is 11.7 Å². The maximum Gasteiger partial charge on any atom is 0.175 e. The van der Waals surface area contributed by atoms with E-state index < -0.39 is 11.6 Å². The van der Waals surface area contributed by atoms with Gasteiger partial charge in [-0.15, -0.1) is 0 Å². The number of phenols is 1. The van der Waals surface area contributed by atoms with Gasteiger partial charge < -0.3 is 10.8 Å². The minimum Gasteiger partial charge on any atom is -0.503 e. The van der Waals surface area contributed by atoms with Gasteiger partial charge in [-0.2, -0.15) is 0 Å². The number of nitrogens with zero attached hydrogens (tertiary/aromatic N) is 1. The van der Waals surface area contributed by atoms with E-state index in [1.807, 2.05) is 36.4 Å². The number of benzene rings is 3. The van der Waals surface area contributed by atoms with Crippen molar-refractivity contribution in [3.8, 4) is 5.75 Å². The first-order valence-corrected chi connectivity index (χ1v) is 8.79. The zero-order valence-corrected chi connectivity index (χ0v) is 14.3. The highest BCUT2D eigenvalue weighted by molar-refractivity contribution is 5.55. The monoisotopic (exact) mass is 348 g/mol. The number of aromatic hydroxyl groups is 1. The number of likely N-dealkylation sites (tertiary alicyclic amines) is 1. The molecule has 132 valence electrons. The maximum atomic E-state index is 14.6. The van der Waals surface area contributed by atoms with Crippen molar-refractivity contribution in [1.82, 2.24) is 4.90 Å². The van der Waals surface area contributed by atoms with Crippen LogP contribution in [0.1, 0.15) is 35.2 Å². The summed E-state index contributed by atoms with van der Waals surface area (Å²) in [6.45, 7) is 0.865. The second kappa shape index (κ2) is 6.81. The van der Waals surface area contributed by atoms with Gasteiger partial charge in [-0.25, -0.2) is 4.39 Å². The minimum atomic E-state index is -0.612. The molecule has 3 aromatic carbocycles. The Kier molecular flexibility index (Phi) is 4.35. The van der Waals surface area contributed by atoms with Crippen LogP contribution in [0.25, 0.3) is 0 Å². The summed E-state index contributed by atoms with van der Waals surface area (Å²) >= 11 is 0. The van der Waals surface area contributed by atoms with Gasteiger partial charge in [-0.1, -0.05) is 66.7 Å². The lowest BCUT2D eigenvalue weighted by atomic mass is 9.87. The molecule has 1 heterocycles. The second-order valence-electron chi connectivity index (χ2n) is 6.67. The molecule has 0 aromatic heterocycles. The first-order chi connectivity index (χ1) is 12.7. The van der Waals surface area contributed by atoms with Crippen LogP contribution in [-0.4, -0.2) is 16.6 Å². The molecular formula is C22H21FN2O. The van der Waals surface area contributed by atoms with Crippen molar-refractivity contribution in [2.45, 2.75) is 18.5 Å². The average Bonchev–Trinajstić information content (AvgIpc) is 2.67. The minimum absolute atomic E-state index is 0.0373. The second-order valence-corrected chi connectivity index (χ2v) is 6.67. The molecular weight excluding hydrogens is 327 g/mol. The highest BCUT2D eigenvalue weighted by atomic mass is 19.1. The van der Waals surface area contributed by atoms with Crippen molar-refractivity contribution in [3.05, 3.63) is 95.3 Å². The predicted molar refractivity (Wildman–Crippen MR) is 101 cm³/mol. The Labute approximate surface area is 152 Å². The first kappa shape index (κ1) is 16.6. The van der Waals surface area contributed by atoms with Gasteiger partial charge in [0, 0.05) is 18.2 Å². The van der Waals surface area contributed by atoms with Crippen molar-refractivity contribution < 1.29 is 9.50 Å². The highest BCUT2D eigenvalue weighted by Gasteiger charge is 2.38. The molecule has 4 rings (SSSR count). The number of hydrogen-bond donors (Lipinski definition) is 2. The van der Waals surface area contributed by atoms with Crippen LogP contribution in [0.4, 0.5) is 10.1 Å². The molecule has 4 heteroatoms. The Morgan fingerprint density at radius 2 is 1.50 bits per heavy atom. The summed E-state index contributed by atoms with van der Waals surface area (Å²) in [5.41, 5.74) is 8.53. The quantitative estimate of drug-likeness (QED) is 0.533. The number of phenolic OH excluding ortho intramolecular Hbond substituents is 1. The fraction of sp³-hybridized carbons (Fsp3) is 0.182. The molecule has 26 heavy (non-hydrogen) atoms. The van der Waals surface area contributed by atoms with Crippen molar-refractivity contribution in [3.63, 3.8) is 0 Å². The Morgan fingerprint density at radius 1 is 0.923 bits per heavy atom. The van der Waals surface area contributed by atoms with Gasteiger partial charge in [0.1, 0.15) is 0 Å². The summed E-state index contributed by atoms with van der Waals surface area (Å²) in [5, 5.41) is 9.90. The van der Waals surface area contributed by atoms with Crippen LogP contribution < -0.4 is 5.73 Å². The molecule has 1 fully saturated rings. The van der Waals surface area contributed by atoms with Crippen LogP contribution in [0.2, 0.25) is 0 Å². The van der Waals surface area contributed by atoms with Crippen molar-refractivity contribution in [2.75, 3.05) is 12.3 Å². The van der Waals surface area contributed by atoms with Crippen molar-refractivity contribution >= 4 is 5.69 Å². The third-order valence-electron chi connectivity index (χ3n) is 5.16. The molecule has 3 N–H and O–H groups in total. The summed E-state index contributed by atoms with van der Waals surface area (Å²) in [6, 6.07) is 23.7. The molecule has 1 aliphatic heterocycles. The summed E-state index contributed by atoms with van der Waals surface area (Å²) in [6.07, 6.45) is 0.844. The van der Waals surface area contributed by atoms with Crippen molar-refractivity contribution in [1.29, 1.82) is 0 Å². The van der Waals surface area contributed by atoms with E-state index in [9.17, 15) is 9.50 Å². The summed E-state index contributed by atoms with van der Waals surface area (Å²) < 4.78 is 14.6. The Morgan fingerprint density at radius 3 is 2.00 bits per heavy atom. The number of nitrogen functional groups attached to an aromatic ring is 1. The zero-order valence-electron chi connectivity index (χ0n) is 14.3. The van der Waals surface area contributed by atoms with Gasteiger partial charge in [-0.3, -0.25) is 4.90 Å². The standard InChI is InChI=1S/C22H21FN2O/c23-20-17(11-12-18(24)22(20)26)19-13-14-25(19)21(15-7-3-1-4-8-15)16-9-5-2-6-10-16/h1-12,19,21,26H,13-14,24H2. The molecule has 0 amide bonds. The number of rotatable bonds is 4. The summed E-state index contributed by atoms with van der Waals surface area (Å²) in [7, 11) is 0. The van der Waals surface area contributed by atoms with E-state index in [1.165, 1.54) is 11.1 Å². The maximum absolute atomic E-state index is 14.6. The first-order valence-electron chi connectivity index (χ1n) is 8.79. The van der Waals surface area contributed by atoms with E-state index in [2.05, 4.69) is 29.2 Å². The number of nitrogens with two attached hydrogens (primary N) is 1. The van der Waals surface area contributed by atoms with E-state index in [1.54, 1.807) is 12.1 Å². The topological polar surface area (TPSA) is 49.5 Å². The lowest BCUT2D eigenvalue weighted by Crippen LogP contribution is -2.44. The lowest BCUT2D eigenvalue weighted by Gasteiger charge is -2.47. The third-order valence-corrected chi connectivity index (χ3v) is 5.16. The molecule has 1 atom stereocenters. The molecule has 3 aromatic rings. The molecule has 0 saturated carbocycles. The Balaban J connectivity index is 1.74. The normalized spacial score (nSPS) is 17.2. The van der Waals surface area contributed by atoms with Crippen LogP contribution in [0.15, 0.2) is 72.8 Å². The number of hydrogen-bond acceptors (Lipinski definition) is 3. The van der Waals surface area contributed by atoms with Crippen LogP contribution >= 0.6 is 0 Å². The molecule has 1 saturated heterocycles. The number of halogens is 1. The largest absolute Gasteiger partial charge is 0.503 e. The van der Waals surface area contributed by atoms with E-state index in [-0.39, 0.29) is 17.8 Å². The lowest BCUT2D eigenvalue weighted by molar-refractivity contribution is 0.0539. The Hall–Kier alpha value is -2.85. The van der Waals surface area contributed by atoms with E-state index in [4.69, 9.17) is 5.73 Å². The van der Waals surface area contributed by atoms with Gasteiger partial charge >= 0.3 is 0 Å². The van der Waals surface area contributed by atoms with E-state index in [0.717, 1.165) is 13.0 Å². The van der Waals surface area contributed by atoms with Crippen molar-refractivity contribution in [2.24, 2.45) is 0 Å².